The number of phenolic OH excluding ortho intramolecular Hbond substituents is 1. The van der Waals surface area contributed by atoms with Gasteiger partial charge in [0.05, 0.1) is 6.10 Å². The van der Waals surface area contributed by atoms with Gasteiger partial charge >= 0.3 is 0 Å². The Morgan fingerprint density at radius 1 is 1.00 bits per heavy atom. The topological polar surface area (TPSA) is 40.5 Å². The number of hydrogen-bond acceptors (Lipinski definition) is 2. The van der Waals surface area contributed by atoms with Crippen molar-refractivity contribution in [3.05, 3.63) is 63.6 Å². The normalized spacial score (nSPS) is 12.4. The minimum atomic E-state index is -0.798. The predicted molar refractivity (Wildman–Crippen MR) is 73.2 cm³/mol. The fourth-order valence-corrected chi connectivity index (χ4v) is 2.49. The molecule has 18 heavy (non-hydrogen) atoms. The first-order valence-electron chi connectivity index (χ1n) is 5.48. The van der Waals surface area contributed by atoms with Crippen molar-refractivity contribution >= 4 is 23.2 Å². The fourth-order valence-electron chi connectivity index (χ4n) is 1.84. The molecule has 0 amide bonds. The lowest BCUT2D eigenvalue weighted by molar-refractivity contribution is 0.178. The third-order valence-electron chi connectivity index (χ3n) is 2.67. The SMILES string of the molecule is Oc1cccc(CC(O)c2c(Cl)cccc2Cl)c1. The number of halogens is 2. The Hall–Kier alpha value is -1.22. The van der Waals surface area contributed by atoms with Crippen molar-refractivity contribution in [1.82, 2.24) is 0 Å². The molecule has 0 saturated heterocycles. The highest BCUT2D eigenvalue weighted by Gasteiger charge is 2.15. The number of rotatable bonds is 3. The Bertz CT molecular complexity index is 535. The lowest BCUT2D eigenvalue weighted by atomic mass is 10.0. The molecule has 2 nitrogen and oxygen atoms in total. The van der Waals surface area contributed by atoms with Gasteiger partial charge in [-0.25, -0.2) is 0 Å². The molecule has 0 aliphatic carbocycles. The van der Waals surface area contributed by atoms with Crippen LogP contribution in [-0.2, 0) is 6.42 Å². The van der Waals surface area contributed by atoms with E-state index in [1.54, 1.807) is 36.4 Å². The highest BCUT2D eigenvalue weighted by molar-refractivity contribution is 6.36. The first-order valence-corrected chi connectivity index (χ1v) is 6.23. The Morgan fingerprint density at radius 2 is 1.61 bits per heavy atom. The van der Waals surface area contributed by atoms with Crippen molar-refractivity contribution in [3.63, 3.8) is 0 Å². The standard InChI is InChI=1S/C14H12Cl2O2/c15-11-5-2-6-12(16)14(11)13(18)8-9-3-1-4-10(17)7-9/h1-7,13,17-18H,8H2. The summed E-state index contributed by atoms with van der Waals surface area (Å²) in [6.07, 6.45) is -0.453. The summed E-state index contributed by atoms with van der Waals surface area (Å²) in [5, 5.41) is 20.4. The third-order valence-corrected chi connectivity index (χ3v) is 3.33. The summed E-state index contributed by atoms with van der Waals surface area (Å²) in [6, 6.07) is 11.9. The second-order valence-corrected chi connectivity index (χ2v) is 4.84. The van der Waals surface area contributed by atoms with E-state index < -0.39 is 6.10 Å². The Balaban J connectivity index is 2.25. The maximum Gasteiger partial charge on any atom is 0.115 e. The number of aliphatic hydroxyl groups is 1. The molecule has 0 aliphatic heterocycles. The summed E-state index contributed by atoms with van der Waals surface area (Å²) in [5.41, 5.74) is 1.34. The molecule has 0 aliphatic rings. The average molecular weight is 283 g/mol. The van der Waals surface area contributed by atoms with Crippen molar-refractivity contribution in [3.8, 4) is 5.75 Å². The van der Waals surface area contributed by atoms with Crippen LogP contribution in [0.4, 0.5) is 0 Å². The maximum atomic E-state index is 10.2. The molecule has 1 atom stereocenters. The van der Waals surface area contributed by atoms with Gasteiger partial charge in [-0.05, 0) is 29.8 Å². The summed E-state index contributed by atoms with van der Waals surface area (Å²) in [5.74, 6) is 0.171. The fraction of sp³-hybridized carbons (Fsp3) is 0.143. The van der Waals surface area contributed by atoms with Crippen LogP contribution in [0.1, 0.15) is 17.2 Å². The quantitative estimate of drug-likeness (QED) is 0.894. The monoisotopic (exact) mass is 282 g/mol. The molecule has 0 saturated carbocycles. The van der Waals surface area contributed by atoms with Gasteiger partial charge in [-0.2, -0.15) is 0 Å². The highest BCUT2D eigenvalue weighted by Crippen LogP contribution is 2.32. The van der Waals surface area contributed by atoms with E-state index in [1.807, 2.05) is 6.07 Å². The van der Waals surface area contributed by atoms with Crippen LogP contribution in [0.25, 0.3) is 0 Å². The van der Waals surface area contributed by atoms with Crippen molar-refractivity contribution in [2.45, 2.75) is 12.5 Å². The molecule has 2 aromatic rings. The molecule has 2 N–H and O–H groups in total. The minimum absolute atomic E-state index is 0.171. The number of benzene rings is 2. The zero-order valence-electron chi connectivity index (χ0n) is 9.48. The van der Waals surface area contributed by atoms with Gasteiger partial charge in [-0.15, -0.1) is 0 Å². The van der Waals surface area contributed by atoms with Gasteiger partial charge in [0.1, 0.15) is 5.75 Å². The lowest BCUT2D eigenvalue weighted by Gasteiger charge is -2.14. The molecule has 0 aromatic heterocycles. The van der Waals surface area contributed by atoms with E-state index in [2.05, 4.69) is 0 Å². The van der Waals surface area contributed by atoms with Crippen LogP contribution >= 0.6 is 23.2 Å². The largest absolute Gasteiger partial charge is 0.508 e. The number of aliphatic hydroxyl groups excluding tert-OH is 1. The number of hydrogen-bond donors (Lipinski definition) is 2. The molecular formula is C14H12Cl2O2. The van der Waals surface area contributed by atoms with E-state index >= 15 is 0 Å². The van der Waals surface area contributed by atoms with Gasteiger partial charge in [-0.1, -0.05) is 41.4 Å². The van der Waals surface area contributed by atoms with Crippen molar-refractivity contribution in [1.29, 1.82) is 0 Å². The van der Waals surface area contributed by atoms with E-state index in [0.717, 1.165) is 5.56 Å². The first kappa shape index (κ1) is 13.2. The second kappa shape index (κ2) is 5.61. The van der Waals surface area contributed by atoms with E-state index in [4.69, 9.17) is 23.2 Å². The highest BCUT2D eigenvalue weighted by atomic mass is 35.5. The molecule has 2 rings (SSSR count). The summed E-state index contributed by atoms with van der Waals surface area (Å²) < 4.78 is 0. The summed E-state index contributed by atoms with van der Waals surface area (Å²) in [4.78, 5) is 0. The van der Waals surface area contributed by atoms with E-state index in [9.17, 15) is 10.2 Å². The molecule has 2 aromatic carbocycles. The molecular weight excluding hydrogens is 271 g/mol. The van der Waals surface area contributed by atoms with E-state index in [-0.39, 0.29) is 5.75 Å². The lowest BCUT2D eigenvalue weighted by Crippen LogP contribution is -2.03. The zero-order chi connectivity index (χ0) is 13.1. The van der Waals surface area contributed by atoms with Crippen molar-refractivity contribution < 1.29 is 10.2 Å². The van der Waals surface area contributed by atoms with Crippen LogP contribution in [0.3, 0.4) is 0 Å². The first-order chi connectivity index (χ1) is 8.58. The Morgan fingerprint density at radius 3 is 2.22 bits per heavy atom. The van der Waals surface area contributed by atoms with Crippen LogP contribution in [0.5, 0.6) is 5.75 Å². The average Bonchev–Trinajstić information content (AvgIpc) is 2.28. The van der Waals surface area contributed by atoms with Crippen LogP contribution in [0.2, 0.25) is 10.0 Å². The van der Waals surface area contributed by atoms with Gasteiger partial charge in [0.15, 0.2) is 0 Å². The van der Waals surface area contributed by atoms with Gasteiger partial charge in [0.2, 0.25) is 0 Å². The predicted octanol–water partition coefficient (Wildman–Crippen LogP) is 3.98. The summed E-state index contributed by atoms with van der Waals surface area (Å²) >= 11 is 12.1. The zero-order valence-corrected chi connectivity index (χ0v) is 11.0. The molecule has 94 valence electrons. The Labute approximate surface area is 115 Å². The van der Waals surface area contributed by atoms with Gasteiger partial charge < -0.3 is 10.2 Å². The van der Waals surface area contributed by atoms with Crippen LogP contribution in [-0.4, -0.2) is 10.2 Å². The van der Waals surface area contributed by atoms with Crippen molar-refractivity contribution in [2.24, 2.45) is 0 Å². The molecule has 1 unspecified atom stereocenters. The minimum Gasteiger partial charge on any atom is -0.508 e. The smallest absolute Gasteiger partial charge is 0.115 e. The van der Waals surface area contributed by atoms with Crippen LogP contribution in [0.15, 0.2) is 42.5 Å². The molecule has 0 radical (unpaired) electrons. The number of phenols is 1. The van der Waals surface area contributed by atoms with Gasteiger partial charge in [-0.3, -0.25) is 0 Å². The number of aromatic hydroxyl groups is 1. The van der Waals surface area contributed by atoms with E-state index in [1.165, 1.54) is 0 Å². The van der Waals surface area contributed by atoms with E-state index in [0.29, 0.717) is 22.0 Å². The van der Waals surface area contributed by atoms with Gasteiger partial charge in [0, 0.05) is 22.0 Å². The maximum absolute atomic E-state index is 10.2. The molecule has 4 heteroatoms. The summed E-state index contributed by atoms with van der Waals surface area (Å²) in [7, 11) is 0. The second-order valence-electron chi connectivity index (χ2n) is 4.03. The third kappa shape index (κ3) is 2.96. The summed E-state index contributed by atoms with van der Waals surface area (Å²) in [6.45, 7) is 0. The molecule has 0 bridgehead atoms. The van der Waals surface area contributed by atoms with Gasteiger partial charge in [0.25, 0.3) is 0 Å². The molecule has 0 spiro atoms. The Kier molecular flexibility index (Phi) is 4.12. The van der Waals surface area contributed by atoms with Crippen LogP contribution < -0.4 is 0 Å². The molecule has 0 heterocycles. The molecule has 0 fully saturated rings. The van der Waals surface area contributed by atoms with Crippen LogP contribution in [0, 0.1) is 0 Å². The van der Waals surface area contributed by atoms with Crippen molar-refractivity contribution in [2.75, 3.05) is 0 Å².